The molecule has 0 saturated heterocycles. The summed E-state index contributed by atoms with van der Waals surface area (Å²) in [6.45, 7) is 4.06. The van der Waals surface area contributed by atoms with E-state index in [1.807, 2.05) is 105 Å². The van der Waals surface area contributed by atoms with Crippen LogP contribution in [0.2, 0.25) is 0 Å². The van der Waals surface area contributed by atoms with E-state index in [0.29, 0.717) is 12.2 Å². The molecule has 39 heavy (non-hydrogen) atoms. The summed E-state index contributed by atoms with van der Waals surface area (Å²) in [5.41, 5.74) is 1.89. The SMILES string of the molecule is CC[C@@H](C)NC(=O)[C@H](Cc1ccccc1)N(Cc1cccc(Br)c1)C(=O)COc1ccc2ccccc2c1Br. The normalized spacial score (nSPS) is 12.5. The number of ether oxygens (including phenoxy) is 1. The van der Waals surface area contributed by atoms with Crippen LogP contribution in [-0.4, -0.2) is 35.4 Å². The van der Waals surface area contributed by atoms with Crippen LogP contribution in [0.15, 0.2) is 99.9 Å². The van der Waals surface area contributed by atoms with Crippen molar-refractivity contribution in [2.75, 3.05) is 6.61 Å². The standard InChI is InChI=1S/C32H32Br2N2O3/c1-3-22(2)35-32(38)28(19-23-10-5-4-6-11-23)36(20-24-12-9-14-26(33)18-24)30(37)21-39-29-17-16-25-13-7-8-15-27(25)31(29)34/h4-18,22,28H,3,19-21H2,1-2H3,(H,35,38)/t22-,28+/m1/s1. The Kier molecular flexibility index (Phi) is 10.2. The molecule has 4 aromatic carbocycles. The smallest absolute Gasteiger partial charge is 0.261 e. The van der Waals surface area contributed by atoms with Gasteiger partial charge in [-0.2, -0.15) is 0 Å². The van der Waals surface area contributed by atoms with Crippen molar-refractivity contribution < 1.29 is 14.3 Å². The summed E-state index contributed by atoms with van der Waals surface area (Å²) in [6.07, 6.45) is 1.19. The molecule has 0 aliphatic heterocycles. The number of carbonyl (C=O) groups excluding carboxylic acids is 2. The molecule has 4 rings (SSSR count). The van der Waals surface area contributed by atoms with Crippen molar-refractivity contribution >= 4 is 54.4 Å². The maximum absolute atomic E-state index is 13.9. The minimum atomic E-state index is -0.712. The van der Waals surface area contributed by atoms with Gasteiger partial charge in [-0.3, -0.25) is 9.59 Å². The third kappa shape index (κ3) is 7.70. The first-order chi connectivity index (χ1) is 18.9. The molecule has 0 fully saturated rings. The molecule has 2 atom stereocenters. The van der Waals surface area contributed by atoms with Crippen molar-refractivity contribution in [3.8, 4) is 5.75 Å². The molecule has 7 heteroatoms. The van der Waals surface area contributed by atoms with Crippen molar-refractivity contribution in [3.63, 3.8) is 0 Å². The monoisotopic (exact) mass is 650 g/mol. The van der Waals surface area contributed by atoms with Gasteiger partial charge in [0.15, 0.2) is 6.61 Å². The number of benzene rings is 4. The number of nitrogens with one attached hydrogen (secondary N) is 1. The maximum atomic E-state index is 13.9. The molecular weight excluding hydrogens is 620 g/mol. The number of hydrogen-bond acceptors (Lipinski definition) is 3. The van der Waals surface area contributed by atoms with Gasteiger partial charge >= 0.3 is 0 Å². The van der Waals surface area contributed by atoms with Gasteiger partial charge < -0.3 is 15.0 Å². The van der Waals surface area contributed by atoms with Gasteiger partial charge in [-0.15, -0.1) is 0 Å². The lowest BCUT2D eigenvalue weighted by atomic mass is 10.0. The third-order valence-corrected chi connectivity index (χ3v) is 8.00. The molecule has 0 aliphatic rings. The minimum Gasteiger partial charge on any atom is -0.483 e. The van der Waals surface area contributed by atoms with Crippen LogP contribution in [0.5, 0.6) is 5.75 Å². The summed E-state index contributed by atoms with van der Waals surface area (Å²) in [7, 11) is 0. The van der Waals surface area contributed by atoms with E-state index < -0.39 is 6.04 Å². The predicted molar refractivity (Wildman–Crippen MR) is 164 cm³/mol. The molecule has 0 radical (unpaired) electrons. The lowest BCUT2D eigenvalue weighted by Gasteiger charge is -2.32. The number of halogens is 2. The fraction of sp³-hybridized carbons (Fsp3) is 0.250. The molecule has 202 valence electrons. The third-order valence-electron chi connectivity index (χ3n) is 6.69. The molecular formula is C32H32Br2N2O3. The summed E-state index contributed by atoms with van der Waals surface area (Å²) in [6, 6.07) is 28.7. The van der Waals surface area contributed by atoms with E-state index in [1.54, 1.807) is 4.90 Å². The van der Waals surface area contributed by atoms with E-state index in [4.69, 9.17) is 4.74 Å². The van der Waals surface area contributed by atoms with Crippen LogP contribution in [0.1, 0.15) is 31.4 Å². The molecule has 0 aromatic heterocycles. The Hall–Kier alpha value is -3.16. The highest BCUT2D eigenvalue weighted by Crippen LogP contribution is 2.33. The van der Waals surface area contributed by atoms with Gasteiger partial charge in [0, 0.05) is 23.5 Å². The Labute approximate surface area is 246 Å². The zero-order chi connectivity index (χ0) is 27.8. The lowest BCUT2D eigenvalue weighted by Crippen LogP contribution is -2.53. The zero-order valence-electron chi connectivity index (χ0n) is 22.1. The number of amides is 2. The van der Waals surface area contributed by atoms with Crippen LogP contribution >= 0.6 is 31.9 Å². The highest BCUT2D eigenvalue weighted by Gasteiger charge is 2.31. The number of hydrogen-bond donors (Lipinski definition) is 1. The Morgan fingerprint density at radius 1 is 0.897 bits per heavy atom. The largest absolute Gasteiger partial charge is 0.483 e. The van der Waals surface area contributed by atoms with E-state index in [9.17, 15) is 9.59 Å². The fourth-order valence-electron chi connectivity index (χ4n) is 4.37. The molecule has 0 spiro atoms. The van der Waals surface area contributed by atoms with E-state index in [-0.39, 0.29) is 31.0 Å². The zero-order valence-corrected chi connectivity index (χ0v) is 25.2. The average Bonchev–Trinajstić information content (AvgIpc) is 2.95. The maximum Gasteiger partial charge on any atom is 0.261 e. The summed E-state index contributed by atoms with van der Waals surface area (Å²) in [5.74, 6) is 0.131. The van der Waals surface area contributed by atoms with Crippen LogP contribution in [0, 0.1) is 0 Å². The number of rotatable bonds is 11. The molecule has 1 N–H and O–H groups in total. The van der Waals surface area contributed by atoms with Gasteiger partial charge in [0.1, 0.15) is 11.8 Å². The summed E-state index contributed by atoms with van der Waals surface area (Å²) in [5, 5.41) is 5.17. The van der Waals surface area contributed by atoms with Gasteiger partial charge in [0.2, 0.25) is 5.91 Å². The Balaban J connectivity index is 1.64. The van der Waals surface area contributed by atoms with Crippen LogP contribution in [0.3, 0.4) is 0 Å². The first kappa shape index (κ1) is 28.8. The van der Waals surface area contributed by atoms with Gasteiger partial charge in [0.25, 0.3) is 5.91 Å². The summed E-state index contributed by atoms with van der Waals surface area (Å²) < 4.78 is 7.76. The summed E-state index contributed by atoms with van der Waals surface area (Å²) >= 11 is 7.17. The molecule has 4 aromatic rings. The van der Waals surface area contributed by atoms with E-state index in [0.717, 1.165) is 37.3 Å². The molecule has 0 unspecified atom stereocenters. The van der Waals surface area contributed by atoms with Crippen molar-refractivity contribution in [2.24, 2.45) is 0 Å². The number of carbonyl (C=O) groups is 2. The van der Waals surface area contributed by atoms with Crippen molar-refractivity contribution in [1.29, 1.82) is 0 Å². The summed E-state index contributed by atoms with van der Waals surface area (Å²) in [4.78, 5) is 29.1. The lowest BCUT2D eigenvalue weighted by molar-refractivity contribution is -0.143. The van der Waals surface area contributed by atoms with Gasteiger partial charge in [0.05, 0.1) is 4.47 Å². The van der Waals surface area contributed by atoms with Gasteiger partial charge in [-0.25, -0.2) is 0 Å². The second-order valence-electron chi connectivity index (χ2n) is 9.56. The Bertz CT molecular complexity index is 1430. The predicted octanol–water partition coefficient (Wildman–Crippen LogP) is 7.30. The molecule has 0 saturated carbocycles. The second-order valence-corrected chi connectivity index (χ2v) is 11.3. The first-order valence-electron chi connectivity index (χ1n) is 13.0. The molecule has 0 aliphatic carbocycles. The topological polar surface area (TPSA) is 58.6 Å². The Morgan fingerprint density at radius 2 is 1.62 bits per heavy atom. The van der Waals surface area contributed by atoms with Crippen LogP contribution in [0.25, 0.3) is 10.8 Å². The van der Waals surface area contributed by atoms with Crippen molar-refractivity contribution in [2.45, 2.75) is 45.3 Å². The van der Waals surface area contributed by atoms with Crippen LogP contribution in [0.4, 0.5) is 0 Å². The molecule has 0 bridgehead atoms. The van der Waals surface area contributed by atoms with Crippen LogP contribution < -0.4 is 10.1 Å². The van der Waals surface area contributed by atoms with E-state index >= 15 is 0 Å². The number of nitrogens with zero attached hydrogens (tertiary/aromatic N) is 1. The second kappa shape index (κ2) is 13.8. The Morgan fingerprint density at radius 3 is 2.36 bits per heavy atom. The van der Waals surface area contributed by atoms with Gasteiger partial charge in [-0.1, -0.05) is 95.7 Å². The molecule has 2 amide bonds. The van der Waals surface area contributed by atoms with Gasteiger partial charge in [-0.05, 0) is 69.4 Å². The van der Waals surface area contributed by atoms with Crippen molar-refractivity contribution in [3.05, 3.63) is 111 Å². The van der Waals surface area contributed by atoms with Crippen LogP contribution in [-0.2, 0) is 22.6 Å². The molecule has 5 nitrogen and oxygen atoms in total. The minimum absolute atomic E-state index is 0.0107. The fourth-order valence-corrected chi connectivity index (χ4v) is 5.43. The van der Waals surface area contributed by atoms with E-state index in [2.05, 4.69) is 37.2 Å². The quantitative estimate of drug-likeness (QED) is 0.185. The number of fused-ring (bicyclic) bond motifs is 1. The highest BCUT2D eigenvalue weighted by molar-refractivity contribution is 9.11. The highest BCUT2D eigenvalue weighted by atomic mass is 79.9. The van der Waals surface area contributed by atoms with E-state index in [1.165, 1.54) is 0 Å². The van der Waals surface area contributed by atoms with Crippen molar-refractivity contribution in [1.82, 2.24) is 10.2 Å². The first-order valence-corrected chi connectivity index (χ1v) is 14.6. The molecule has 0 heterocycles. The average molecular weight is 652 g/mol.